The highest BCUT2D eigenvalue weighted by Gasteiger charge is 2.10. The standard InChI is InChI=1S/C11H9Cl2NOS/c12-8-4-7(10(15)9(13)5-8)3-6-1-2-16-11(6)14/h1-2,4-5,15H,3,14H2. The first-order chi connectivity index (χ1) is 7.58. The van der Waals surface area contributed by atoms with Crippen LogP contribution in [0.15, 0.2) is 23.6 Å². The van der Waals surface area contributed by atoms with Crippen LogP contribution in [0.1, 0.15) is 11.1 Å². The maximum Gasteiger partial charge on any atom is 0.137 e. The molecule has 0 amide bonds. The summed E-state index contributed by atoms with van der Waals surface area (Å²) in [4.78, 5) is 0. The highest BCUT2D eigenvalue weighted by molar-refractivity contribution is 7.14. The number of phenolic OH excluding ortho intramolecular Hbond substituents is 1. The highest BCUT2D eigenvalue weighted by atomic mass is 35.5. The number of nitrogen functional groups attached to an aromatic ring is 1. The van der Waals surface area contributed by atoms with E-state index >= 15 is 0 Å². The van der Waals surface area contributed by atoms with Crippen molar-refractivity contribution in [1.82, 2.24) is 0 Å². The molecule has 0 spiro atoms. The lowest BCUT2D eigenvalue weighted by molar-refractivity contribution is 0.470. The van der Waals surface area contributed by atoms with E-state index in [1.54, 1.807) is 6.07 Å². The van der Waals surface area contributed by atoms with Crippen molar-refractivity contribution in [3.8, 4) is 5.75 Å². The van der Waals surface area contributed by atoms with Gasteiger partial charge in [0.25, 0.3) is 0 Å². The van der Waals surface area contributed by atoms with Crippen molar-refractivity contribution in [3.63, 3.8) is 0 Å². The topological polar surface area (TPSA) is 46.2 Å². The summed E-state index contributed by atoms with van der Waals surface area (Å²) < 4.78 is 0. The van der Waals surface area contributed by atoms with Crippen LogP contribution in [0, 0.1) is 0 Å². The molecule has 5 heteroatoms. The minimum atomic E-state index is 0.0664. The average molecular weight is 274 g/mol. The van der Waals surface area contributed by atoms with Crippen LogP contribution in [-0.4, -0.2) is 5.11 Å². The second-order valence-corrected chi connectivity index (χ2v) is 5.17. The van der Waals surface area contributed by atoms with E-state index in [0.717, 1.165) is 10.6 Å². The molecule has 84 valence electrons. The van der Waals surface area contributed by atoms with Crippen molar-refractivity contribution in [2.24, 2.45) is 0 Å². The third kappa shape index (κ3) is 2.26. The zero-order valence-electron chi connectivity index (χ0n) is 8.21. The number of hydrogen-bond acceptors (Lipinski definition) is 3. The Labute approximate surface area is 107 Å². The average Bonchev–Trinajstić information content (AvgIpc) is 2.60. The maximum atomic E-state index is 9.78. The summed E-state index contributed by atoms with van der Waals surface area (Å²) in [7, 11) is 0. The van der Waals surface area contributed by atoms with Crippen LogP contribution in [0.3, 0.4) is 0 Å². The summed E-state index contributed by atoms with van der Waals surface area (Å²) in [6.45, 7) is 0. The SMILES string of the molecule is Nc1sccc1Cc1cc(Cl)cc(Cl)c1O. The number of benzene rings is 1. The lowest BCUT2D eigenvalue weighted by atomic mass is 10.1. The number of thiophene rings is 1. The van der Waals surface area contributed by atoms with Crippen molar-refractivity contribution in [1.29, 1.82) is 0 Å². The van der Waals surface area contributed by atoms with Crippen LogP contribution in [0.5, 0.6) is 5.75 Å². The van der Waals surface area contributed by atoms with Crippen molar-refractivity contribution in [2.75, 3.05) is 5.73 Å². The molecule has 1 aromatic heterocycles. The normalized spacial score (nSPS) is 10.6. The molecule has 1 aromatic carbocycles. The Balaban J connectivity index is 2.38. The molecule has 0 fully saturated rings. The molecule has 1 heterocycles. The first kappa shape index (κ1) is 11.6. The predicted octanol–water partition coefficient (Wildman–Crippen LogP) is 3.93. The van der Waals surface area contributed by atoms with Gasteiger partial charge in [-0.05, 0) is 29.1 Å². The Morgan fingerprint density at radius 1 is 1.25 bits per heavy atom. The van der Waals surface area contributed by atoms with Gasteiger partial charge in [-0.2, -0.15) is 0 Å². The summed E-state index contributed by atoms with van der Waals surface area (Å²) in [6, 6.07) is 5.13. The van der Waals surface area contributed by atoms with E-state index < -0.39 is 0 Å². The smallest absolute Gasteiger partial charge is 0.137 e. The number of hydrogen-bond donors (Lipinski definition) is 2. The van der Waals surface area contributed by atoms with Gasteiger partial charge >= 0.3 is 0 Å². The zero-order chi connectivity index (χ0) is 11.7. The fourth-order valence-corrected chi connectivity index (χ4v) is 2.66. The highest BCUT2D eigenvalue weighted by Crippen LogP contribution is 2.34. The molecule has 0 aliphatic carbocycles. The van der Waals surface area contributed by atoms with Gasteiger partial charge in [-0.3, -0.25) is 0 Å². The third-order valence-electron chi connectivity index (χ3n) is 2.27. The van der Waals surface area contributed by atoms with Gasteiger partial charge in [0.05, 0.1) is 10.0 Å². The minimum absolute atomic E-state index is 0.0664. The molecular formula is C11H9Cl2NOS. The van der Waals surface area contributed by atoms with Crippen LogP contribution < -0.4 is 5.73 Å². The number of rotatable bonds is 2. The predicted molar refractivity (Wildman–Crippen MR) is 69.7 cm³/mol. The summed E-state index contributed by atoms with van der Waals surface area (Å²) >= 11 is 13.2. The number of halogens is 2. The molecular weight excluding hydrogens is 265 g/mol. The molecule has 0 radical (unpaired) electrons. The zero-order valence-corrected chi connectivity index (χ0v) is 10.5. The van der Waals surface area contributed by atoms with Gasteiger partial charge < -0.3 is 10.8 Å². The molecule has 0 bridgehead atoms. The Hall–Kier alpha value is -0.900. The molecule has 0 saturated heterocycles. The van der Waals surface area contributed by atoms with Gasteiger partial charge in [-0.25, -0.2) is 0 Å². The van der Waals surface area contributed by atoms with E-state index in [9.17, 15) is 5.11 Å². The van der Waals surface area contributed by atoms with E-state index in [-0.39, 0.29) is 10.8 Å². The Morgan fingerprint density at radius 2 is 2.00 bits per heavy atom. The third-order valence-corrected chi connectivity index (χ3v) is 3.56. The number of anilines is 1. The van der Waals surface area contributed by atoms with Crippen molar-refractivity contribution >= 4 is 39.5 Å². The molecule has 0 unspecified atom stereocenters. The molecule has 0 aliphatic heterocycles. The van der Waals surface area contributed by atoms with E-state index in [1.165, 1.54) is 17.4 Å². The van der Waals surface area contributed by atoms with Crippen LogP contribution in [0.2, 0.25) is 10.0 Å². The largest absolute Gasteiger partial charge is 0.506 e. The van der Waals surface area contributed by atoms with E-state index in [4.69, 9.17) is 28.9 Å². The Morgan fingerprint density at radius 3 is 2.62 bits per heavy atom. The monoisotopic (exact) mass is 273 g/mol. The summed E-state index contributed by atoms with van der Waals surface area (Å²) in [5, 5.41) is 13.2. The minimum Gasteiger partial charge on any atom is -0.506 e. The molecule has 0 atom stereocenters. The van der Waals surface area contributed by atoms with E-state index in [0.29, 0.717) is 17.0 Å². The van der Waals surface area contributed by atoms with Gasteiger partial charge in [-0.1, -0.05) is 23.2 Å². The van der Waals surface area contributed by atoms with Gasteiger partial charge in [0.1, 0.15) is 5.75 Å². The van der Waals surface area contributed by atoms with Crippen LogP contribution in [-0.2, 0) is 6.42 Å². The number of nitrogens with two attached hydrogens (primary N) is 1. The lowest BCUT2D eigenvalue weighted by Crippen LogP contribution is -1.92. The van der Waals surface area contributed by atoms with E-state index in [2.05, 4.69) is 0 Å². The molecule has 0 saturated carbocycles. The fraction of sp³-hybridized carbons (Fsp3) is 0.0909. The summed E-state index contributed by atoms with van der Waals surface area (Å²) in [6.07, 6.45) is 0.529. The Kier molecular flexibility index (Phi) is 3.28. The number of aromatic hydroxyl groups is 1. The second-order valence-electron chi connectivity index (χ2n) is 3.38. The molecule has 2 aromatic rings. The van der Waals surface area contributed by atoms with Crippen molar-refractivity contribution < 1.29 is 5.11 Å². The number of phenols is 1. The van der Waals surface area contributed by atoms with Gasteiger partial charge in [0.15, 0.2) is 0 Å². The van der Waals surface area contributed by atoms with Crippen LogP contribution in [0.4, 0.5) is 5.00 Å². The second kappa shape index (κ2) is 4.53. The van der Waals surface area contributed by atoms with Crippen molar-refractivity contribution in [3.05, 3.63) is 44.8 Å². The maximum absolute atomic E-state index is 9.78. The molecule has 2 rings (SSSR count). The first-order valence-corrected chi connectivity index (χ1v) is 6.20. The van der Waals surface area contributed by atoms with Crippen LogP contribution in [0.25, 0.3) is 0 Å². The molecule has 3 N–H and O–H groups in total. The summed E-state index contributed by atoms with van der Waals surface area (Å²) in [5.41, 5.74) is 7.44. The van der Waals surface area contributed by atoms with Gasteiger partial charge in [0.2, 0.25) is 0 Å². The molecule has 2 nitrogen and oxygen atoms in total. The quantitative estimate of drug-likeness (QED) is 0.871. The van der Waals surface area contributed by atoms with Crippen LogP contribution >= 0.6 is 34.5 Å². The van der Waals surface area contributed by atoms with Crippen molar-refractivity contribution in [2.45, 2.75) is 6.42 Å². The van der Waals surface area contributed by atoms with Gasteiger partial charge in [0, 0.05) is 17.0 Å². The summed E-state index contributed by atoms with van der Waals surface area (Å²) in [5.74, 6) is 0.0664. The molecule has 0 aliphatic rings. The Bertz CT molecular complexity index is 525. The van der Waals surface area contributed by atoms with E-state index in [1.807, 2.05) is 11.4 Å². The fourth-order valence-electron chi connectivity index (χ4n) is 1.45. The lowest BCUT2D eigenvalue weighted by Gasteiger charge is -2.06. The molecule has 16 heavy (non-hydrogen) atoms. The van der Waals surface area contributed by atoms with Gasteiger partial charge in [-0.15, -0.1) is 11.3 Å². The first-order valence-electron chi connectivity index (χ1n) is 4.56.